The first kappa shape index (κ1) is 24.4. The van der Waals surface area contributed by atoms with E-state index in [0.717, 1.165) is 53.1 Å². The predicted octanol–water partition coefficient (Wildman–Crippen LogP) is 1.44. The highest BCUT2D eigenvalue weighted by molar-refractivity contribution is 6.05. The molecule has 3 aromatic rings. The molecular formula is C26H27N5O6. The van der Waals surface area contributed by atoms with Gasteiger partial charge in [0.25, 0.3) is 12.4 Å². The number of nitrogens with one attached hydrogen (secondary N) is 2. The lowest BCUT2D eigenvalue weighted by Crippen LogP contribution is -2.52. The molecule has 11 heteroatoms. The van der Waals surface area contributed by atoms with Crippen LogP contribution in [-0.4, -0.2) is 69.0 Å². The molecule has 2 atom stereocenters. The first-order valence-electron chi connectivity index (χ1n) is 12.1. The lowest BCUT2D eigenvalue weighted by Gasteiger charge is -2.29. The highest BCUT2D eigenvalue weighted by Gasteiger charge is 2.39. The molecule has 2 aromatic heterocycles. The van der Waals surface area contributed by atoms with Crippen LogP contribution in [0.1, 0.15) is 35.2 Å². The summed E-state index contributed by atoms with van der Waals surface area (Å²) in [7, 11) is 1.96. The molecule has 2 saturated heterocycles. The van der Waals surface area contributed by atoms with Gasteiger partial charge in [-0.3, -0.25) is 24.5 Å². The summed E-state index contributed by atoms with van der Waals surface area (Å²) in [5, 5.41) is 13.5. The molecule has 2 fully saturated rings. The van der Waals surface area contributed by atoms with Crippen molar-refractivity contribution in [2.45, 2.75) is 38.0 Å². The summed E-state index contributed by atoms with van der Waals surface area (Å²) in [5.41, 5.74) is 3.92. The van der Waals surface area contributed by atoms with Crippen molar-refractivity contribution in [3.8, 4) is 17.0 Å². The Morgan fingerprint density at radius 3 is 2.70 bits per heavy atom. The zero-order valence-electron chi connectivity index (χ0n) is 20.3. The lowest BCUT2D eigenvalue weighted by molar-refractivity contribution is -0.137. The van der Waals surface area contributed by atoms with E-state index in [9.17, 15) is 14.4 Å². The van der Waals surface area contributed by atoms with Crippen LogP contribution in [0.3, 0.4) is 0 Å². The lowest BCUT2D eigenvalue weighted by atomic mass is 10.0. The van der Waals surface area contributed by atoms with Gasteiger partial charge in [-0.1, -0.05) is 6.07 Å². The molecule has 5 heterocycles. The Bertz CT molecular complexity index is 1390. The van der Waals surface area contributed by atoms with E-state index in [1.165, 1.54) is 0 Å². The van der Waals surface area contributed by atoms with Crippen LogP contribution in [0, 0.1) is 0 Å². The number of rotatable bonds is 4. The molecule has 0 aliphatic carbocycles. The number of benzene rings is 1. The summed E-state index contributed by atoms with van der Waals surface area (Å²) in [5.74, 6) is -0.0754. The van der Waals surface area contributed by atoms with Crippen LogP contribution < -0.4 is 15.4 Å². The molecule has 0 saturated carbocycles. The van der Waals surface area contributed by atoms with Crippen LogP contribution in [0.25, 0.3) is 22.3 Å². The summed E-state index contributed by atoms with van der Waals surface area (Å²) in [6.07, 6.45) is 3.64. The minimum Gasteiger partial charge on any atom is -0.488 e. The van der Waals surface area contributed by atoms with Gasteiger partial charge in [0.2, 0.25) is 11.8 Å². The topological polar surface area (TPSA) is 143 Å². The molecule has 1 aromatic carbocycles. The van der Waals surface area contributed by atoms with Crippen LogP contribution >= 0.6 is 0 Å². The third kappa shape index (κ3) is 4.65. The highest BCUT2D eigenvalue weighted by Crippen LogP contribution is 2.35. The zero-order valence-corrected chi connectivity index (χ0v) is 20.3. The van der Waals surface area contributed by atoms with E-state index >= 15 is 0 Å². The van der Waals surface area contributed by atoms with Gasteiger partial charge in [0, 0.05) is 49.9 Å². The molecule has 3 N–H and O–H groups in total. The molecule has 3 aliphatic rings. The van der Waals surface area contributed by atoms with Gasteiger partial charge in [-0.2, -0.15) is 0 Å². The van der Waals surface area contributed by atoms with E-state index in [4.69, 9.17) is 19.6 Å². The van der Waals surface area contributed by atoms with E-state index in [1.807, 2.05) is 42.1 Å². The number of carboxylic acid groups (broad SMARTS) is 1. The molecule has 0 spiro atoms. The molecule has 0 bridgehead atoms. The highest BCUT2D eigenvalue weighted by atomic mass is 16.5. The SMILES string of the molecule is Cn1ccc2c(OC3CCNC3)cc(-c3ccc4c(c3)CN(C3CCC(=O)NC3=O)C4=O)nc21.O=CO. The first-order valence-corrected chi connectivity index (χ1v) is 12.1. The van der Waals surface area contributed by atoms with Gasteiger partial charge in [-0.25, -0.2) is 4.98 Å². The minimum absolute atomic E-state index is 0.123. The Morgan fingerprint density at radius 2 is 1.97 bits per heavy atom. The maximum absolute atomic E-state index is 13.0. The summed E-state index contributed by atoms with van der Waals surface area (Å²) in [6, 6.07) is 9.02. The maximum atomic E-state index is 13.0. The summed E-state index contributed by atoms with van der Waals surface area (Å²) < 4.78 is 8.31. The Morgan fingerprint density at radius 1 is 1.16 bits per heavy atom. The number of piperidine rings is 1. The predicted molar refractivity (Wildman–Crippen MR) is 133 cm³/mol. The number of ether oxygens (including phenoxy) is 1. The molecule has 0 radical (unpaired) electrons. The van der Waals surface area contributed by atoms with Crippen molar-refractivity contribution >= 4 is 35.2 Å². The van der Waals surface area contributed by atoms with E-state index < -0.39 is 11.9 Å². The van der Waals surface area contributed by atoms with Gasteiger partial charge < -0.3 is 24.6 Å². The van der Waals surface area contributed by atoms with Crippen molar-refractivity contribution in [3.05, 3.63) is 47.7 Å². The minimum atomic E-state index is -0.626. The van der Waals surface area contributed by atoms with Gasteiger partial charge in [0.1, 0.15) is 23.5 Å². The second kappa shape index (κ2) is 10.0. The fourth-order valence-electron chi connectivity index (χ4n) is 5.09. The molecule has 192 valence electrons. The molecule has 2 unspecified atom stereocenters. The van der Waals surface area contributed by atoms with Gasteiger partial charge in [0.05, 0.1) is 11.1 Å². The fraction of sp³-hybridized carbons (Fsp3) is 0.346. The van der Waals surface area contributed by atoms with Crippen LogP contribution in [0.5, 0.6) is 5.75 Å². The fourth-order valence-corrected chi connectivity index (χ4v) is 5.09. The Hall–Kier alpha value is -4.25. The van der Waals surface area contributed by atoms with E-state index in [-0.39, 0.29) is 30.8 Å². The molecule has 3 amide bonds. The van der Waals surface area contributed by atoms with Crippen LogP contribution in [0.2, 0.25) is 0 Å². The third-order valence-electron chi connectivity index (χ3n) is 6.93. The van der Waals surface area contributed by atoms with E-state index in [1.54, 1.807) is 11.0 Å². The van der Waals surface area contributed by atoms with E-state index in [2.05, 4.69) is 10.6 Å². The zero-order chi connectivity index (χ0) is 26.1. The number of nitrogens with zero attached hydrogens (tertiary/aromatic N) is 3. The van der Waals surface area contributed by atoms with Crippen molar-refractivity contribution in [2.75, 3.05) is 13.1 Å². The van der Waals surface area contributed by atoms with Crippen molar-refractivity contribution in [2.24, 2.45) is 7.05 Å². The van der Waals surface area contributed by atoms with Gasteiger partial charge >= 0.3 is 0 Å². The average Bonchev–Trinajstić information content (AvgIpc) is 3.60. The second-order valence-corrected chi connectivity index (χ2v) is 9.28. The smallest absolute Gasteiger partial charge is 0.290 e. The number of imide groups is 1. The number of aromatic nitrogens is 2. The van der Waals surface area contributed by atoms with E-state index in [0.29, 0.717) is 18.5 Å². The number of hydrogen-bond donors (Lipinski definition) is 3. The standard InChI is InChI=1S/C25H25N5O4.CH2O2/c1-29-9-7-18-21(34-16-6-8-26-12-16)11-19(27-23(18)29)14-2-3-17-15(10-14)13-30(25(17)33)20-4-5-22(31)28-24(20)32;2-1-3/h2-3,7,9-11,16,20,26H,4-6,8,12-13H2,1H3,(H,28,31,32);1H,(H,2,3). The number of carbonyl (C=O) groups is 4. The third-order valence-corrected chi connectivity index (χ3v) is 6.93. The number of aryl methyl sites for hydroxylation is 1. The summed E-state index contributed by atoms with van der Waals surface area (Å²) in [6.45, 7) is 1.85. The molecule has 11 nitrogen and oxygen atoms in total. The molecule has 3 aliphatic heterocycles. The molecular weight excluding hydrogens is 478 g/mol. The normalized spacial score (nSPS) is 20.9. The second-order valence-electron chi connectivity index (χ2n) is 9.28. The van der Waals surface area contributed by atoms with Crippen LogP contribution in [-0.2, 0) is 28.0 Å². The van der Waals surface area contributed by atoms with Gasteiger partial charge in [0.15, 0.2) is 0 Å². The quantitative estimate of drug-likeness (QED) is 0.357. The number of amides is 3. The Labute approximate surface area is 212 Å². The largest absolute Gasteiger partial charge is 0.488 e. The Kier molecular flexibility index (Phi) is 6.62. The monoisotopic (exact) mass is 505 g/mol. The van der Waals surface area contributed by atoms with Crippen molar-refractivity contribution < 1.29 is 29.0 Å². The maximum Gasteiger partial charge on any atom is 0.290 e. The first-order chi connectivity index (χ1) is 17.9. The van der Waals surface area contributed by atoms with Crippen LogP contribution in [0.15, 0.2) is 36.5 Å². The summed E-state index contributed by atoms with van der Waals surface area (Å²) >= 11 is 0. The van der Waals surface area contributed by atoms with Crippen molar-refractivity contribution in [1.29, 1.82) is 0 Å². The summed E-state index contributed by atoms with van der Waals surface area (Å²) in [4.78, 5) is 51.7. The number of pyridine rings is 1. The average molecular weight is 506 g/mol. The Balaban J connectivity index is 0.000000892. The number of carbonyl (C=O) groups excluding carboxylic acids is 3. The molecule has 37 heavy (non-hydrogen) atoms. The van der Waals surface area contributed by atoms with Gasteiger partial charge in [-0.15, -0.1) is 0 Å². The van der Waals surface area contributed by atoms with Gasteiger partial charge in [-0.05, 0) is 43.1 Å². The van der Waals surface area contributed by atoms with Crippen molar-refractivity contribution in [1.82, 2.24) is 25.1 Å². The van der Waals surface area contributed by atoms with Crippen LogP contribution in [0.4, 0.5) is 0 Å². The number of fused-ring (bicyclic) bond motifs is 2. The van der Waals surface area contributed by atoms with Crippen molar-refractivity contribution in [3.63, 3.8) is 0 Å². The number of hydrogen-bond acceptors (Lipinski definition) is 7. The molecule has 6 rings (SSSR count).